The van der Waals surface area contributed by atoms with E-state index in [9.17, 15) is 0 Å². The van der Waals surface area contributed by atoms with Gasteiger partial charge in [-0.05, 0) is 13.8 Å². The van der Waals surface area contributed by atoms with E-state index in [2.05, 4.69) is 16.4 Å². The molecule has 0 aliphatic heterocycles. The van der Waals surface area contributed by atoms with Crippen LogP contribution in [0.3, 0.4) is 0 Å². The minimum absolute atomic E-state index is 0.518. The first-order valence-corrected chi connectivity index (χ1v) is 3.55. The van der Waals surface area contributed by atoms with Crippen LogP contribution in [0.1, 0.15) is 11.5 Å². The topological polar surface area (TPSA) is 52.1 Å². The molecular weight excluding hydrogens is 156 g/mol. The van der Waals surface area contributed by atoms with E-state index in [1.54, 1.807) is 13.0 Å². The molecule has 4 nitrogen and oxygen atoms in total. The summed E-state index contributed by atoms with van der Waals surface area (Å²) in [5, 5.41) is 7.45. The lowest BCUT2D eigenvalue weighted by Crippen LogP contribution is -1.69. The molecule has 2 aromatic heterocycles. The number of aromatic nitrogens is 2. The SMILES string of the molecule is Cc1[c]c(-c2cc(C)on2)on1. The van der Waals surface area contributed by atoms with Crippen LogP contribution in [0.15, 0.2) is 15.1 Å². The average Bonchev–Trinajstić information content (AvgIpc) is 2.58. The number of hydrogen-bond acceptors (Lipinski definition) is 4. The molecule has 0 saturated carbocycles. The summed E-state index contributed by atoms with van der Waals surface area (Å²) in [6.45, 7) is 3.62. The monoisotopic (exact) mass is 163 g/mol. The first-order chi connectivity index (χ1) is 5.75. The molecule has 0 aromatic carbocycles. The third kappa shape index (κ3) is 1.11. The van der Waals surface area contributed by atoms with E-state index >= 15 is 0 Å². The lowest BCUT2D eigenvalue weighted by molar-refractivity contribution is 0.390. The van der Waals surface area contributed by atoms with Gasteiger partial charge in [0.05, 0.1) is 11.8 Å². The van der Waals surface area contributed by atoms with E-state index in [0.29, 0.717) is 17.1 Å². The number of aryl methyl sites for hydroxylation is 2. The summed E-state index contributed by atoms with van der Waals surface area (Å²) in [4.78, 5) is 0. The van der Waals surface area contributed by atoms with Gasteiger partial charge in [-0.3, -0.25) is 0 Å². The van der Waals surface area contributed by atoms with Gasteiger partial charge in [0.25, 0.3) is 0 Å². The van der Waals surface area contributed by atoms with Crippen LogP contribution >= 0.6 is 0 Å². The van der Waals surface area contributed by atoms with Crippen molar-refractivity contribution in [1.29, 1.82) is 0 Å². The maximum atomic E-state index is 4.94. The van der Waals surface area contributed by atoms with Crippen molar-refractivity contribution in [3.63, 3.8) is 0 Å². The van der Waals surface area contributed by atoms with Crippen LogP contribution < -0.4 is 0 Å². The van der Waals surface area contributed by atoms with Crippen molar-refractivity contribution in [2.45, 2.75) is 13.8 Å². The lowest BCUT2D eigenvalue weighted by atomic mass is 10.3. The van der Waals surface area contributed by atoms with E-state index < -0.39 is 0 Å². The zero-order chi connectivity index (χ0) is 8.55. The molecule has 4 heteroatoms. The Hall–Kier alpha value is -1.58. The van der Waals surface area contributed by atoms with Crippen LogP contribution in [0.25, 0.3) is 11.5 Å². The number of nitrogens with zero attached hydrogens (tertiary/aromatic N) is 2. The van der Waals surface area contributed by atoms with E-state index in [1.807, 2.05) is 6.92 Å². The Morgan fingerprint density at radius 2 is 2.08 bits per heavy atom. The summed E-state index contributed by atoms with van der Waals surface area (Å²) in [5.74, 6) is 1.26. The molecule has 0 bridgehead atoms. The molecule has 2 rings (SSSR count). The van der Waals surface area contributed by atoms with Gasteiger partial charge in [-0.2, -0.15) is 0 Å². The van der Waals surface area contributed by atoms with Crippen LogP contribution in [0.4, 0.5) is 0 Å². The molecule has 61 valence electrons. The second kappa shape index (κ2) is 2.48. The van der Waals surface area contributed by atoms with E-state index in [0.717, 1.165) is 5.76 Å². The largest absolute Gasteiger partial charge is 0.361 e. The Morgan fingerprint density at radius 1 is 1.25 bits per heavy atom. The molecule has 0 amide bonds. The third-order valence-corrected chi connectivity index (χ3v) is 1.43. The van der Waals surface area contributed by atoms with Crippen molar-refractivity contribution >= 4 is 0 Å². The van der Waals surface area contributed by atoms with Gasteiger partial charge >= 0.3 is 0 Å². The predicted molar refractivity (Wildman–Crippen MR) is 40.3 cm³/mol. The maximum absolute atomic E-state index is 4.94. The minimum Gasteiger partial charge on any atom is -0.361 e. The summed E-state index contributed by atoms with van der Waals surface area (Å²) < 4.78 is 9.81. The fraction of sp³-hybridized carbons (Fsp3) is 0.250. The molecule has 0 N–H and O–H groups in total. The second-order valence-electron chi connectivity index (χ2n) is 2.54. The Labute approximate surface area is 69.1 Å². The fourth-order valence-corrected chi connectivity index (χ4v) is 0.908. The summed E-state index contributed by atoms with van der Waals surface area (Å²) in [6.07, 6.45) is 0. The van der Waals surface area contributed by atoms with Gasteiger partial charge in [-0.25, -0.2) is 0 Å². The normalized spacial score (nSPS) is 10.5. The summed E-state index contributed by atoms with van der Waals surface area (Å²) in [7, 11) is 0. The van der Waals surface area contributed by atoms with Crippen molar-refractivity contribution in [1.82, 2.24) is 10.3 Å². The Balaban J connectivity index is 2.43. The van der Waals surface area contributed by atoms with Gasteiger partial charge in [0.2, 0.25) is 0 Å². The first kappa shape index (κ1) is 7.09. The summed E-state index contributed by atoms with van der Waals surface area (Å²) in [5.41, 5.74) is 1.35. The molecular formula is C8H7N2O2. The van der Waals surface area contributed by atoms with Gasteiger partial charge in [-0.1, -0.05) is 10.3 Å². The molecule has 2 aromatic rings. The highest BCUT2D eigenvalue weighted by molar-refractivity contribution is 5.50. The number of rotatable bonds is 1. The van der Waals surface area contributed by atoms with E-state index in [-0.39, 0.29) is 0 Å². The zero-order valence-corrected chi connectivity index (χ0v) is 6.79. The van der Waals surface area contributed by atoms with E-state index in [4.69, 9.17) is 9.05 Å². The molecule has 0 aliphatic rings. The van der Waals surface area contributed by atoms with Crippen molar-refractivity contribution in [2.75, 3.05) is 0 Å². The van der Waals surface area contributed by atoms with Crippen molar-refractivity contribution < 1.29 is 9.05 Å². The molecule has 0 unspecified atom stereocenters. The molecule has 0 atom stereocenters. The van der Waals surface area contributed by atoms with Crippen LogP contribution in [0.5, 0.6) is 0 Å². The van der Waals surface area contributed by atoms with Crippen LogP contribution in [0, 0.1) is 19.9 Å². The van der Waals surface area contributed by atoms with Crippen LogP contribution in [-0.2, 0) is 0 Å². The zero-order valence-electron chi connectivity index (χ0n) is 6.79. The van der Waals surface area contributed by atoms with Crippen molar-refractivity contribution in [3.05, 3.63) is 23.6 Å². The van der Waals surface area contributed by atoms with Gasteiger partial charge < -0.3 is 9.05 Å². The average molecular weight is 163 g/mol. The number of hydrogen-bond donors (Lipinski definition) is 0. The van der Waals surface area contributed by atoms with Crippen LogP contribution in [0.2, 0.25) is 0 Å². The summed E-state index contributed by atoms with van der Waals surface area (Å²) >= 11 is 0. The molecule has 0 saturated heterocycles. The van der Waals surface area contributed by atoms with Gasteiger partial charge in [0, 0.05) is 6.07 Å². The standard InChI is InChI=1S/C8H7N2O2/c1-5-3-8(12-9-5)7-4-6(2)11-10-7/h4H,1-2H3. The van der Waals surface area contributed by atoms with Crippen LogP contribution in [-0.4, -0.2) is 10.3 Å². The van der Waals surface area contributed by atoms with Crippen molar-refractivity contribution in [3.8, 4) is 11.5 Å². The second-order valence-corrected chi connectivity index (χ2v) is 2.54. The third-order valence-electron chi connectivity index (χ3n) is 1.43. The Bertz CT molecular complexity index is 351. The van der Waals surface area contributed by atoms with Crippen molar-refractivity contribution in [2.24, 2.45) is 0 Å². The fourth-order valence-electron chi connectivity index (χ4n) is 0.908. The maximum Gasteiger partial charge on any atom is 0.197 e. The lowest BCUT2D eigenvalue weighted by Gasteiger charge is -1.79. The Kier molecular flexibility index (Phi) is 1.46. The van der Waals surface area contributed by atoms with Gasteiger partial charge in [-0.15, -0.1) is 0 Å². The van der Waals surface area contributed by atoms with Gasteiger partial charge in [0.1, 0.15) is 5.76 Å². The molecule has 12 heavy (non-hydrogen) atoms. The summed E-state index contributed by atoms with van der Waals surface area (Å²) in [6, 6.07) is 4.68. The van der Waals surface area contributed by atoms with Gasteiger partial charge in [0.15, 0.2) is 11.5 Å². The first-order valence-electron chi connectivity index (χ1n) is 3.55. The molecule has 0 aliphatic carbocycles. The smallest absolute Gasteiger partial charge is 0.197 e. The Morgan fingerprint density at radius 3 is 2.58 bits per heavy atom. The molecule has 1 radical (unpaired) electrons. The highest BCUT2D eigenvalue weighted by Crippen LogP contribution is 2.18. The highest BCUT2D eigenvalue weighted by Gasteiger charge is 2.08. The molecule has 0 fully saturated rings. The highest BCUT2D eigenvalue weighted by atomic mass is 16.5. The molecule has 2 heterocycles. The predicted octanol–water partition coefficient (Wildman–Crippen LogP) is 1.75. The molecule has 0 spiro atoms. The minimum atomic E-state index is 0.518. The quantitative estimate of drug-likeness (QED) is 0.642. The van der Waals surface area contributed by atoms with E-state index in [1.165, 1.54) is 0 Å².